The SMILES string of the molecule is CNC(=O)C(C)(C)CNC1CCCc2c(OC)cccc21. The van der Waals surface area contributed by atoms with E-state index >= 15 is 0 Å². The number of nitrogens with one attached hydrogen (secondary N) is 2. The number of hydrogen-bond donors (Lipinski definition) is 2. The molecule has 1 amide bonds. The first-order chi connectivity index (χ1) is 9.99. The summed E-state index contributed by atoms with van der Waals surface area (Å²) in [5.74, 6) is 1.04. The third-order valence-electron chi connectivity index (χ3n) is 4.32. The van der Waals surface area contributed by atoms with Crippen molar-refractivity contribution in [2.24, 2.45) is 5.41 Å². The van der Waals surface area contributed by atoms with Gasteiger partial charge in [-0.25, -0.2) is 0 Å². The number of ether oxygens (including phenoxy) is 1. The molecule has 0 bridgehead atoms. The van der Waals surface area contributed by atoms with Crippen molar-refractivity contribution in [1.29, 1.82) is 0 Å². The molecule has 2 rings (SSSR count). The Morgan fingerprint density at radius 2 is 2.19 bits per heavy atom. The van der Waals surface area contributed by atoms with Crippen molar-refractivity contribution in [2.45, 2.75) is 39.2 Å². The number of carbonyl (C=O) groups is 1. The fourth-order valence-corrected chi connectivity index (χ4v) is 3.02. The molecule has 0 radical (unpaired) electrons. The molecule has 0 aromatic heterocycles. The van der Waals surface area contributed by atoms with Gasteiger partial charge in [0.1, 0.15) is 5.75 Å². The molecule has 1 unspecified atom stereocenters. The van der Waals surface area contributed by atoms with Crippen LogP contribution in [0.15, 0.2) is 18.2 Å². The third-order valence-corrected chi connectivity index (χ3v) is 4.32. The number of rotatable bonds is 5. The maximum Gasteiger partial charge on any atom is 0.226 e. The molecule has 2 N–H and O–H groups in total. The first-order valence-corrected chi connectivity index (χ1v) is 7.61. The van der Waals surface area contributed by atoms with Crippen LogP contribution in [0.2, 0.25) is 0 Å². The van der Waals surface area contributed by atoms with Gasteiger partial charge in [0.25, 0.3) is 0 Å². The Hall–Kier alpha value is -1.55. The van der Waals surface area contributed by atoms with Crippen LogP contribution < -0.4 is 15.4 Å². The molecule has 0 aliphatic heterocycles. The van der Waals surface area contributed by atoms with Gasteiger partial charge in [-0.05, 0) is 50.3 Å². The van der Waals surface area contributed by atoms with E-state index in [1.165, 1.54) is 11.1 Å². The van der Waals surface area contributed by atoms with Gasteiger partial charge in [-0.15, -0.1) is 0 Å². The van der Waals surface area contributed by atoms with Crippen molar-refractivity contribution in [2.75, 3.05) is 20.7 Å². The fraction of sp³-hybridized carbons (Fsp3) is 0.588. The predicted octanol–water partition coefficient (Wildman–Crippen LogP) is 2.43. The molecule has 21 heavy (non-hydrogen) atoms. The highest BCUT2D eigenvalue weighted by Gasteiger charge is 2.29. The highest BCUT2D eigenvalue weighted by molar-refractivity contribution is 5.81. The first-order valence-electron chi connectivity index (χ1n) is 7.61. The number of amides is 1. The van der Waals surface area contributed by atoms with E-state index in [9.17, 15) is 4.79 Å². The molecule has 0 spiro atoms. The quantitative estimate of drug-likeness (QED) is 0.875. The standard InChI is InChI=1S/C17H26N2O2/c1-17(2,16(20)18-3)11-19-14-9-5-8-13-12(14)7-6-10-15(13)21-4/h6-7,10,14,19H,5,8-9,11H2,1-4H3,(H,18,20). The third kappa shape index (κ3) is 3.38. The van der Waals surface area contributed by atoms with Gasteiger partial charge < -0.3 is 15.4 Å². The first kappa shape index (κ1) is 15.8. The lowest BCUT2D eigenvalue weighted by molar-refractivity contribution is -0.128. The summed E-state index contributed by atoms with van der Waals surface area (Å²) < 4.78 is 5.47. The van der Waals surface area contributed by atoms with E-state index in [0.717, 1.165) is 25.0 Å². The maximum absolute atomic E-state index is 11.9. The van der Waals surface area contributed by atoms with Gasteiger partial charge >= 0.3 is 0 Å². The molecule has 1 aliphatic rings. The Bertz CT molecular complexity index is 512. The molecule has 1 aromatic rings. The van der Waals surface area contributed by atoms with Gasteiger partial charge in [0.15, 0.2) is 0 Å². The predicted molar refractivity (Wildman–Crippen MR) is 84.5 cm³/mol. The van der Waals surface area contributed by atoms with Crippen molar-refractivity contribution in [1.82, 2.24) is 10.6 Å². The van der Waals surface area contributed by atoms with Gasteiger partial charge in [-0.2, -0.15) is 0 Å². The van der Waals surface area contributed by atoms with Gasteiger partial charge in [0.05, 0.1) is 12.5 Å². The van der Waals surface area contributed by atoms with Crippen LogP contribution in [0.25, 0.3) is 0 Å². The zero-order valence-electron chi connectivity index (χ0n) is 13.5. The van der Waals surface area contributed by atoms with E-state index in [1.807, 2.05) is 26.0 Å². The summed E-state index contributed by atoms with van der Waals surface area (Å²) in [7, 11) is 3.41. The van der Waals surface area contributed by atoms with Gasteiger partial charge in [0, 0.05) is 19.6 Å². The van der Waals surface area contributed by atoms with Gasteiger partial charge in [-0.1, -0.05) is 12.1 Å². The van der Waals surface area contributed by atoms with Crippen LogP contribution in [-0.2, 0) is 11.2 Å². The fourth-order valence-electron chi connectivity index (χ4n) is 3.02. The number of methoxy groups -OCH3 is 1. The molecule has 0 fully saturated rings. The van der Waals surface area contributed by atoms with Crippen molar-refractivity contribution in [3.63, 3.8) is 0 Å². The Labute approximate surface area is 127 Å². The summed E-state index contributed by atoms with van der Waals surface area (Å²) in [6, 6.07) is 6.53. The summed E-state index contributed by atoms with van der Waals surface area (Å²) in [6.07, 6.45) is 3.31. The maximum atomic E-state index is 11.9. The minimum Gasteiger partial charge on any atom is -0.496 e. The molecule has 0 saturated carbocycles. The summed E-state index contributed by atoms with van der Waals surface area (Å²) in [6.45, 7) is 4.59. The average molecular weight is 290 g/mol. The monoisotopic (exact) mass is 290 g/mol. The van der Waals surface area contributed by atoms with Crippen molar-refractivity contribution in [3.8, 4) is 5.75 Å². The summed E-state index contributed by atoms with van der Waals surface area (Å²) in [4.78, 5) is 11.9. The minimum atomic E-state index is -0.411. The van der Waals surface area contributed by atoms with Crippen LogP contribution in [-0.4, -0.2) is 26.6 Å². The van der Waals surface area contributed by atoms with E-state index in [1.54, 1.807) is 14.2 Å². The van der Waals surface area contributed by atoms with E-state index in [0.29, 0.717) is 12.6 Å². The molecule has 1 aliphatic carbocycles. The second kappa shape index (κ2) is 6.48. The molecule has 116 valence electrons. The smallest absolute Gasteiger partial charge is 0.226 e. The Balaban J connectivity index is 2.12. The second-order valence-corrected chi connectivity index (χ2v) is 6.32. The molecule has 4 heteroatoms. The topological polar surface area (TPSA) is 50.4 Å². The number of benzene rings is 1. The molecule has 4 nitrogen and oxygen atoms in total. The molecule has 0 heterocycles. The van der Waals surface area contributed by atoms with Gasteiger partial charge in [-0.3, -0.25) is 4.79 Å². The van der Waals surface area contributed by atoms with E-state index in [-0.39, 0.29) is 5.91 Å². The molecular formula is C17H26N2O2. The Morgan fingerprint density at radius 1 is 1.43 bits per heavy atom. The molecule has 1 atom stereocenters. The summed E-state index contributed by atoms with van der Waals surface area (Å²) in [5, 5.41) is 6.30. The van der Waals surface area contributed by atoms with Crippen molar-refractivity contribution >= 4 is 5.91 Å². The van der Waals surface area contributed by atoms with Crippen LogP contribution in [0, 0.1) is 5.41 Å². The molecule has 0 saturated heterocycles. The van der Waals surface area contributed by atoms with E-state index in [4.69, 9.17) is 4.74 Å². The highest BCUT2D eigenvalue weighted by Crippen LogP contribution is 2.35. The zero-order valence-corrected chi connectivity index (χ0v) is 13.5. The lowest BCUT2D eigenvalue weighted by Crippen LogP contribution is -2.43. The van der Waals surface area contributed by atoms with Crippen molar-refractivity contribution < 1.29 is 9.53 Å². The molecular weight excluding hydrogens is 264 g/mol. The van der Waals surface area contributed by atoms with Crippen LogP contribution in [0.4, 0.5) is 0 Å². The zero-order chi connectivity index (χ0) is 15.5. The van der Waals surface area contributed by atoms with Crippen LogP contribution >= 0.6 is 0 Å². The van der Waals surface area contributed by atoms with Crippen LogP contribution in [0.5, 0.6) is 5.75 Å². The second-order valence-electron chi connectivity index (χ2n) is 6.32. The largest absolute Gasteiger partial charge is 0.496 e. The highest BCUT2D eigenvalue weighted by atomic mass is 16.5. The normalized spacial score (nSPS) is 18.0. The number of hydrogen-bond acceptors (Lipinski definition) is 3. The number of carbonyl (C=O) groups excluding carboxylic acids is 1. The Morgan fingerprint density at radius 3 is 2.86 bits per heavy atom. The van der Waals surface area contributed by atoms with Crippen LogP contribution in [0.1, 0.15) is 43.9 Å². The minimum absolute atomic E-state index is 0.0664. The summed E-state index contributed by atoms with van der Waals surface area (Å²) >= 11 is 0. The lowest BCUT2D eigenvalue weighted by atomic mass is 9.85. The molecule has 1 aromatic carbocycles. The van der Waals surface area contributed by atoms with Crippen LogP contribution in [0.3, 0.4) is 0 Å². The van der Waals surface area contributed by atoms with Crippen molar-refractivity contribution in [3.05, 3.63) is 29.3 Å². The summed E-state index contributed by atoms with van der Waals surface area (Å²) in [5.41, 5.74) is 2.21. The van der Waals surface area contributed by atoms with E-state index in [2.05, 4.69) is 16.7 Å². The Kier molecular flexibility index (Phi) is 4.88. The van der Waals surface area contributed by atoms with E-state index < -0.39 is 5.41 Å². The average Bonchev–Trinajstić information content (AvgIpc) is 2.51. The number of fused-ring (bicyclic) bond motifs is 1. The lowest BCUT2D eigenvalue weighted by Gasteiger charge is -2.31. The van der Waals surface area contributed by atoms with Gasteiger partial charge in [0.2, 0.25) is 5.91 Å².